The van der Waals surface area contributed by atoms with E-state index in [1.165, 1.54) is 13.2 Å². The first-order valence-electron chi connectivity index (χ1n) is 4.80. The normalized spacial score (nSPS) is 10.1. The van der Waals surface area contributed by atoms with E-state index in [4.69, 9.17) is 0 Å². The summed E-state index contributed by atoms with van der Waals surface area (Å²) in [4.78, 5) is 22.0. The molecule has 0 radical (unpaired) electrons. The SMILES string of the molecule is COC(=O)CNC(=O)C=Cc1ccccc1. The molecule has 0 fully saturated rings. The molecule has 0 unspecified atom stereocenters. The fourth-order valence-corrected chi connectivity index (χ4v) is 1.03. The van der Waals surface area contributed by atoms with Crippen molar-refractivity contribution in [1.29, 1.82) is 0 Å². The first kappa shape index (κ1) is 12.0. The molecule has 1 amide bonds. The van der Waals surface area contributed by atoms with E-state index in [1.54, 1.807) is 6.08 Å². The van der Waals surface area contributed by atoms with Crippen LogP contribution in [0.3, 0.4) is 0 Å². The molecule has 1 aromatic rings. The minimum Gasteiger partial charge on any atom is -0.468 e. The Bertz CT molecular complexity index is 385. The summed E-state index contributed by atoms with van der Waals surface area (Å²) in [6.45, 7) is -0.117. The van der Waals surface area contributed by atoms with Gasteiger partial charge in [0, 0.05) is 6.08 Å². The maximum absolute atomic E-state index is 11.2. The Labute approximate surface area is 93.9 Å². The van der Waals surface area contributed by atoms with E-state index in [2.05, 4.69) is 10.1 Å². The largest absolute Gasteiger partial charge is 0.468 e. The summed E-state index contributed by atoms with van der Waals surface area (Å²) in [5.41, 5.74) is 0.927. The first-order chi connectivity index (χ1) is 7.72. The molecule has 1 rings (SSSR count). The highest BCUT2D eigenvalue weighted by molar-refractivity contribution is 5.93. The molecule has 4 heteroatoms. The van der Waals surface area contributed by atoms with Gasteiger partial charge in [0.1, 0.15) is 6.54 Å². The quantitative estimate of drug-likeness (QED) is 0.607. The van der Waals surface area contributed by atoms with Crippen molar-refractivity contribution in [3.05, 3.63) is 42.0 Å². The van der Waals surface area contributed by atoms with E-state index >= 15 is 0 Å². The lowest BCUT2D eigenvalue weighted by atomic mass is 10.2. The van der Waals surface area contributed by atoms with Crippen molar-refractivity contribution in [1.82, 2.24) is 5.32 Å². The Balaban J connectivity index is 2.40. The number of hydrogen-bond donors (Lipinski definition) is 1. The molecule has 1 N–H and O–H groups in total. The van der Waals surface area contributed by atoms with Crippen LogP contribution in [0.2, 0.25) is 0 Å². The molecule has 0 bridgehead atoms. The zero-order chi connectivity index (χ0) is 11.8. The third-order valence-corrected chi connectivity index (χ3v) is 1.86. The van der Waals surface area contributed by atoms with Crippen molar-refractivity contribution < 1.29 is 14.3 Å². The van der Waals surface area contributed by atoms with Gasteiger partial charge in [-0.05, 0) is 11.6 Å². The van der Waals surface area contributed by atoms with Crippen molar-refractivity contribution in [3.8, 4) is 0 Å². The number of rotatable bonds is 4. The number of methoxy groups -OCH3 is 1. The molecule has 16 heavy (non-hydrogen) atoms. The molecule has 0 aliphatic carbocycles. The molecule has 84 valence electrons. The van der Waals surface area contributed by atoms with Crippen LogP contribution in [0.15, 0.2) is 36.4 Å². The second-order valence-corrected chi connectivity index (χ2v) is 3.04. The van der Waals surface area contributed by atoms with Gasteiger partial charge >= 0.3 is 5.97 Å². The number of hydrogen-bond acceptors (Lipinski definition) is 3. The second kappa shape index (κ2) is 6.40. The fraction of sp³-hybridized carbons (Fsp3) is 0.167. The van der Waals surface area contributed by atoms with Crippen molar-refractivity contribution in [2.45, 2.75) is 0 Å². The summed E-state index contributed by atoms with van der Waals surface area (Å²) in [6, 6.07) is 9.42. The maximum Gasteiger partial charge on any atom is 0.325 e. The minimum absolute atomic E-state index is 0.117. The van der Waals surface area contributed by atoms with Gasteiger partial charge in [0.2, 0.25) is 5.91 Å². The van der Waals surface area contributed by atoms with Crippen molar-refractivity contribution >= 4 is 18.0 Å². The van der Waals surface area contributed by atoms with Crippen LogP contribution >= 0.6 is 0 Å². The van der Waals surface area contributed by atoms with Crippen molar-refractivity contribution in [3.63, 3.8) is 0 Å². The van der Waals surface area contributed by atoms with Gasteiger partial charge in [-0.25, -0.2) is 0 Å². The molecule has 0 aromatic heterocycles. The van der Waals surface area contributed by atoms with Crippen LogP contribution in [-0.4, -0.2) is 25.5 Å². The van der Waals surface area contributed by atoms with Gasteiger partial charge in [0.05, 0.1) is 7.11 Å². The van der Waals surface area contributed by atoms with Gasteiger partial charge in [-0.2, -0.15) is 0 Å². The van der Waals surface area contributed by atoms with E-state index in [9.17, 15) is 9.59 Å². The first-order valence-corrected chi connectivity index (χ1v) is 4.80. The number of amides is 1. The van der Waals surface area contributed by atoms with Crippen LogP contribution in [0.25, 0.3) is 6.08 Å². The molecule has 4 nitrogen and oxygen atoms in total. The molecule has 0 spiro atoms. The highest BCUT2D eigenvalue weighted by Crippen LogP contribution is 2.00. The van der Waals surface area contributed by atoms with Crippen LogP contribution in [-0.2, 0) is 14.3 Å². The van der Waals surface area contributed by atoms with Gasteiger partial charge < -0.3 is 10.1 Å². The van der Waals surface area contributed by atoms with E-state index in [0.717, 1.165) is 5.56 Å². The van der Waals surface area contributed by atoms with E-state index < -0.39 is 5.97 Å². The fourth-order valence-electron chi connectivity index (χ4n) is 1.03. The summed E-state index contributed by atoms with van der Waals surface area (Å²) < 4.78 is 4.39. The summed E-state index contributed by atoms with van der Waals surface area (Å²) in [7, 11) is 1.27. The Kier molecular flexibility index (Phi) is 4.79. The minimum atomic E-state index is -0.471. The standard InChI is InChI=1S/C12H13NO3/c1-16-12(15)9-13-11(14)8-7-10-5-3-2-4-6-10/h2-8H,9H2,1H3,(H,13,14). The van der Waals surface area contributed by atoms with Gasteiger partial charge in [0.15, 0.2) is 0 Å². The average molecular weight is 219 g/mol. The van der Waals surface area contributed by atoms with Gasteiger partial charge in [0.25, 0.3) is 0 Å². The molecule has 0 saturated heterocycles. The van der Waals surface area contributed by atoms with E-state index in [0.29, 0.717) is 0 Å². The summed E-state index contributed by atoms with van der Waals surface area (Å²) in [5.74, 6) is -0.796. The smallest absolute Gasteiger partial charge is 0.325 e. The number of esters is 1. The zero-order valence-corrected chi connectivity index (χ0v) is 8.97. The lowest BCUT2D eigenvalue weighted by Crippen LogP contribution is -2.28. The molecular weight excluding hydrogens is 206 g/mol. The molecule has 0 aliphatic rings. The topological polar surface area (TPSA) is 55.4 Å². The second-order valence-electron chi connectivity index (χ2n) is 3.04. The Morgan fingerprint density at radius 3 is 2.62 bits per heavy atom. The highest BCUT2D eigenvalue weighted by Gasteiger charge is 2.01. The molecule has 0 aliphatic heterocycles. The number of nitrogens with one attached hydrogen (secondary N) is 1. The summed E-state index contributed by atoms with van der Waals surface area (Å²) in [6.07, 6.45) is 3.05. The maximum atomic E-state index is 11.2. The zero-order valence-electron chi connectivity index (χ0n) is 8.97. The molecule has 0 saturated carbocycles. The highest BCUT2D eigenvalue weighted by atomic mass is 16.5. The number of ether oxygens (including phenoxy) is 1. The summed E-state index contributed by atoms with van der Waals surface area (Å²) in [5, 5.41) is 2.40. The van der Waals surface area contributed by atoms with Crippen LogP contribution in [0.5, 0.6) is 0 Å². The summed E-state index contributed by atoms with van der Waals surface area (Å²) >= 11 is 0. The van der Waals surface area contributed by atoms with Crippen molar-refractivity contribution in [2.24, 2.45) is 0 Å². The van der Waals surface area contributed by atoms with Crippen LogP contribution < -0.4 is 5.32 Å². The Hall–Kier alpha value is -2.10. The number of benzene rings is 1. The third kappa shape index (κ3) is 4.41. The Morgan fingerprint density at radius 1 is 1.31 bits per heavy atom. The van der Waals surface area contributed by atoms with Gasteiger partial charge in [-0.15, -0.1) is 0 Å². The van der Waals surface area contributed by atoms with E-state index in [1.807, 2.05) is 30.3 Å². The van der Waals surface area contributed by atoms with Gasteiger partial charge in [-0.1, -0.05) is 30.3 Å². The number of carbonyl (C=O) groups excluding carboxylic acids is 2. The monoisotopic (exact) mass is 219 g/mol. The number of carbonyl (C=O) groups is 2. The predicted molar refractivity (Wildman–Crippen MR) is 60.5 cm³/mol. The third-order valence-electron chi connectivity index (χ3n) is 1.86. The van der Waals surface area contributed by atoms with Crippen LogP contribution in [0.4, 0.5) is 0 Å². The van der Waals surface area contributed by atoms with Crippen LogP contribution in [0, 0.1) is 0 Å². The lowest BCUT2D eigenvalue weighted by Gasteiger charge is -1.99. The Morgan fingerprint density at radius 2 is 2.00 bits per heavy atom. The van der Waals surface area contributed by atoms with Crippen molar-refractivity contribution in [2.75, 3.05) is 13.7 Å². The molecule has 0 heterocycles. The predicted octanol–water partition coefficient (Wildman–Crippen LogP) is 0.989. The molecule has 0 atom stereocenters. The van der Waals surface area contributed by atoms with Gasteiger partial charge in [-0.3, -0.25) is 9.59 Å². The van der Waals surface area contributed by atoms with Crippen LogP contribution in [0.1, 0.15) is 5.56 Å². The lowest BCUT2D eigenvalue weighted by molar-refractivity contribution is -0.140. The average Bonchev–Trinajstić information content (AvgIpc) is 2.34. The van der Waals surface area contributed by atoms with E-state index in [-0.39, 0.29) is 12.5 Å². The molecule has 1 aromatic carbocycles. The molecular formula is C12H13NO3.